The zero-order valence-electron chi connectivity index (χ0n) is 15.3. The second-order valence-electron chi connectivity index (χ2n) is 6.12. The highest BCUT2D eigenvalue weighted by atomic mass is 16.5. The highest BCUT2D eigenvalue weighted by Gasteiger charge is 2.16. The molecule has 2 N–H and O–H groups in total. The van der Waals surface area contributed by atoms with Crippen molar-refractivity contribution in [2.24, 2.45) is 0 Å². The minimum absolute atomic E-state index is 0.250. The molecule has 0 bridgehead atoms. The molecule has 0 fully saturated rings. The van der Waals surface area contributed by atoms with Crippen molar-refractivity contribution in [2.75, 3.05) is 7.05 Å². The Hall–Kier alpha value is -3.94. The summed E-state index contributed by atoms with van der Waals surface area (Å²) in [6.45, 7) is 1.84. The van der Waals surface area contributed by atoms with E-state index in [2.05, 4.69) is 20.4 Å². The molecule has 4 rings (SSSR count). The lowest BCUT2D eigenvalue weighted by Gasteiger charge is -2.07. The number of rotatable bonds is 3. The first-order chi connectivity index (χ1) is 13.6. The molecular weight excluding hydrogens is 358 g/mol. The highest BCUT2D eigenvalue weighted by Crippen LogP contribution is 2.26. The van der Waals surface area contributed by atoms with Crippen molar-refractivity contribution in [3.05, 3.63) is 70.8 Å². The second kappa shape index (κ2) is 6.99. The standard InChI is InChI=1S/C20H17N5O3/c1-12-18(15-5-3-4-10-22-15)19-23-16(11-17(26)25(19)24-12)13-6-8-14(9-7-13)28-20(27)21-2/h3-11,23H,1-2H3,(H,21,27). The molecule has 0 spiro atoms. The largest absolute Gasteiger partial charge is 0.412 e. The highest BCUT2D eigenvalue weighted by molar-refractivity contribution is 5.79. The van der Waals surface area contributed by atoms with Crippen molar-refractivity contribution in [1.29, 1.82) is 0 Å². The summed E-state index contributed by atoms with van der Waals surface area (Å²) in [4.78, 5) is 31.6. The predicted molar refractivity (Wildman–Crippen MR) is 104 cm³/mol. The average Bonchev–Trinajstić information content (AvgIpc) is 3.05. The summed E-state index contributed by atoms with van der Waals surface area (Å²) < 4.78 is 6.42. The molecule has 1 aromatic carbocycles. The quantitative estimate of drug-likeness (QED) is 0.573. The number of carbonyl (C=O) groups excluding carboxylic acids is 1. The molecule has 3 heterocycles. The van der Waals surface area contributed by atoms with Crippen LogP contribution in [0, 0.1) is 6.92 Å². The van der Waals surface area contributed by atoms with Gasteiger partial charge in [0.1, 0.15) is 11.4 Å². The van der Waals surface area contributed by atoms with E-state index in [1.54, 1.807) is 30.5 Å². The molecule has 0 saturated heterocycles. The Morgan fingerprint density at radius 1 is 1.18 bits per heavy atom. The molecule has 140 valence electrons. The number of aromatic nitrogens is 4. The van der Waals surface area contributed by atoms with E-state index in [9.17, 15) is 9.59 Å². The van der Waals surface area contributed by atoms with Crippen LogP contribution in [-0.4, -0.2) is 32.7 Å². The van der Waals surface area contributed by atoms with Gasteiger partial charge in [-0.2, -0.15) is 9.61 Å². The molecule has 3 aromatic heterocycles. The van der Waals surface area contributed by atoms with E-state index in [4.69, 9.17) is 4.74 Å². The maximum Gasteiger partial charge on any atom is 0.412 e. The smallest absolute Gasteiger partial charge is 0.410 e. The van der Waals surface area contributed by atoms with Crippen molar-refractivity contribution in [3.63, 3.8) is 0 Å². The lowest BCUT2D eigenvalue weighted by molar-refractivity contribution is 0.203. The zero-order valence-corrected chi connectivity index (χ0v) is 15.3. The van der Waals surface area contributed by atoms with Crippen LogP contribution in [0.4, 0.5) is 4.79 Å². The Kier molecular flexibility index (Phi) is 4.36. The fraction of sp³-hybridized carbons (Fsp3) is 0.100. The maximum absolute atomic E-state index is 12.6. The van der Waals surface area contributed by atoms with E-state index < -0.39 is 6.09 Å². The van der Waals surface area contributed by atoms with E-state index in [1.165, 1.54) is 17.6 Å². The lowest BCUT2D eigenvalue weighted by Crippen LogP contribution is -2.21. The van der Waals surface area contributed by atoms with Gasteiger partial charge in [-0.25, -0.2) is 4.79 Å². The van der Waals surface area contributed by atoms with Crippen molar-refractivity contribution >= 4 is 11.7 Å². The van der Waals surface area contributed by atoms with Crippen LogP contribution in [0.1, 0.15) is 5.69 Å². The molecule has 28 heavy (non-hydrogen) atoms. The number of hydrogen-bond donors (Lipinski definition) is 2. The normalized spacial score (nSPS) is 10.8. The number of nitrogens with zero attached hydrogens (tertiary/aromatic N) is 3. The fourth-order valence-corrected chi connectivity index (χ4v) is 2.98. The number of ether oxygens (including phenoxy) is 1. The molecule has 0 unspecified atom stereocenters. The van der Waals surface area contributed by atoms with E-state index >= 15 is 0 Å². The fourth-order valence-electron chi connectivity index (χ4n) is 2.98. The van der Waals surface area contributed by atoms with Gasteiger partial charge in [0.25, 0.3) is 5.56 Å². The van der Waals surface area contributed by atoms with Gasteiger partial charge in [0, 0.05) is 19.3 Å². The van der Waals surface area contributed by atoms with Crippen LogP contribution in [0.15, 0.2) is 59.5 Å². The first kappa shape index (κ1) is 17.5. The first-order valence-corrected chi connectivity index (χ1v) is 8.61. The van der Waals surface area contributed by atoms with Gasteiger partial charge in [-0.15, -0.1) is 0 Å². The summed E-state index contributed by atoms with van der Waals surface area (Å²) in [5.74, 6) is 0.404. The Labute approximate surface area is 159 Å². The van der Waals surface area contributed by atoms with Crippen LogP contribution in [0.25, 0.3) is 28.2 Å². The van der Waals surface area contributed by atoms with Crippen LogP contribution in [-0.2, 0) is 0 Å². The molecule has 8 nitrogen and oxygen atoms in total. The molecular formula is C20H17N5O3. The van der Waals surface area contributed by atoms with Crippen molar-refractivity contribution < 1.29 is 9.53 Å². The SMILES string of the molecule is CNC(=O)Oc1ccc(-c2cc(=O)n3nc(C)c(-c4ccccn4)c3[nH]2)cc1. The monoisotopic (exact) mass is 375 g/mol. The van der Waals surface area contributed by atoms with E-state index in [-0.39, 0.29) is 5.56 Å². The van der Waals surface area contributed by atoms with Gasteiger partial charge in [-0.3, -0.25) is 9.78 Å². The second-order valence-corrected chi connectivity index (χ2v) is 6.12. The van der Waals surface area contributed by atoms with Gasteiger partial charge < -0.3 is 15.0 Å². The minimum Gasteiger partial charge on any atom is -0.410 e. The lowest BCUT2D eigenvalue weighted by atomic mass is 10.1. The van der Waals surface area contributed by atoms with Crippen molar-refractivity contribution in [1.82, 2.24) is 24.9 Å². The molecule has 0 radical (unpaired) electrons. The summed E-state index contributed by atoms with van der Waals surface area (Å²) in [6, 6.07) is 13.9. The van der Waals surface area contributed by atoms with Crippen LogP contribution >= 0.6 is 0 Å². The Morgan fingerprint density at radius 3 is 2.64 bits per heavy atom. The number of nitrogens with one attached hydrogen (secondary N) is 2. The molecule has 0 aliphatic rings. The number of fused-ring (bicyclic) bond motifs is 1. The predicted octanol–water partition coefficient (Wildman–Crippen LogP) is 2.78. The first-order valence-electron chi connectivity index (χ1n) is 8.61. The minimum atomic E-state index is -0.544. The van der Waals surface area contributed by atoms with Gasteiger partial charge in [-0.1, -0.05) is 6.07 Å². The molecule has 1 amide bonds. The Bertz CT molecular complexity index is 1210. The molecule has 0 atom stereocenters. The topological polar surface area (TPSA) is 101 Å². The van der Waals surface area contributed by atoms with Crippen molar-refractivity contribution in [3.8, 4) is 28.3 Å². The van der Waals surface area contributed by atoms with Gasteiger partial charge in [-0.05, 0) is 48.9 Å². The average molecular weight is 375 g/mol. The third-order valence-electron chi connectivity index (χ3n) is 4.29. The van der Waals surface area contributed by atoms with E-state index in [1.807, 2.05) is 25.1 Å². The summed E-state index contributed by atoms with van der Waals surface area (Å²) in [5, 5.41) is 6.74. The van der Waals surface area contributed by atoms with Gasteiger partial charge in [0.2, 0.25) is 0 Å². The number of aryl methyl sites for hydroxylation is 1. The number of carbonyl (C=O) groups is 1. The van der Waals surface area contributed by atoms with E-state index in [0.717, 1.165) is 16.8 Å². The van der Waals surface area contributed by atoms with Gasteiger partial charge in [0.15, 0.2) is 0 Å². The van der Waals surface area contributed by atoms with Crippen LogP contribution < -0.4 is 15.6 Å². The summed E-state index contributed by atoms with van der Waals surface area (Å²) >= 11 is 0. The number of pyridine rings is 1. The van der Waals surface area contributed by atoms with Gasteiger partial charge >= 0.3 is 6.09 Å². The number of benzene rings is 1. The molecule has 4 aromatic rings. The molecule has 0 saturated carbocycles. The summed E-state index contributed by atoms with van der Waals surface area (Å²) in [5.41, 5.74) is 3.94. The van der Waals surface area contributed by atoms with Crippen molar-refractivity contribution in [2.45, 2.75) is 6.92 Å². The van der Waals surface area contributed by atoms with E-state index in [0.29, 0.717) is 22.8 Å². The number of amides is 1. The molecule has 0 aliphatic carbocycles. The number of H-pyrrole nitrogens is 1. The van der Waals surface area contributed by atoms with Crippen LogP contribution in [0.5, 0.6) is 5.75 Å². The molecule has 8 heteroatoms. The van der Waals surface area contributed by atoms with Gasteiger partial charge in [0.05, 0.1) is 22.6 Å². The summed E-state index contributed by atoms with van der Waals surface area (Å²) in [6.07, 6.45) is 1.16. The number of hydrogen-bond acceptors (Lipinski definition) is 5. The molecule has 0 aliphatic heterocycles. The zero-order chi connectivity index (χ0) is 19.7. The number of aromatic amines is 1. The summed E-state index contributed by atoms with van der Waals surface area (Å²) in [7, 11) is 1.49. The van der Waals surface area contributed by atoms with Crippen LogP contribution in [0.2, 0.25) is 0 Å². The maximum atomic E-state index is 12.6. The third-order valence-corrected chi connectivity index (χ3v) is 4.29. The van der Waals surface area contributed by atoms with Crippen LogP contribution in [0.3, 0.4) is 0 Å². The third kappa shape index (κ3) is 3.11. The Morgan fingerprint density at radius 2 is 1.96 bits per heavy atom. The Balaban J connectivity index is 1.81.